The smallest absolute Gasteiger partial charge is 0.228 e. The number of hydrogen-bond acceptors (Lipinski definition) is 3. The molecule has 3 atom stereocenters. The van der Waals surface area contributed by atoms with Gasteiger partial charge in [-0.15, -0.1) is 23.7 Å². The summed E-state index contributed by atoms with van der Waals surface area (Å²) in [6.07, 6.45) is 5.69. The standard InChI is InChI=1S/C16H24N2OS.ClH/c1-12(9-14-6-4-8-20-14)18-15(19)16-7-3-2-5-13(16)10-17-11-16;/h4,6,8,12-13,17H,2-3,5,7,9-11H2,1H3,(H,18,19);1H/t12?,13-,16+;/m0./s1. The lowest BCUT2D eigenvalue weighted by atomic mass is 9.67. The molecular formula is C16H25ClN2OS. The quantitative estimate of drug-likeness (QED) is 0.892. The first kappa shape index (κ1) is 16.8. The largest absolute Gasteiger partial charge is 0.353 e. The Bertz CT molecular complexity index is 465. The Morgan fingerprint density at radius 2 is 2.43 bits per heavy atom. The van der Waals surface area contributed by atoms with Gasteiger partial charge in [-0.3, -0.25) is 4.79 Å². The van der Waals surface area contributed by atoms with E-state index in [1.165, 1.54) is 24.1 Å². The fraction of sp³-hybridized carbons (Fsp3) is 0.688. The molecule has 1 saturated heterocycles. The number of thiophene rings is 1. The number of carbonyl (C=O) groups excluding carboxylic acids is 1. The van der Waals surface area contributed by atoms with Crippen LogP contribution >= 0.6 is 23.7 Å². The molecular weight excluding hydrogens is 304 g/mol. The SMILES string of the molecule is CC(Cc1cccs1)NC(=O)[C@@]12CCCC[C@H]1CNC2.Cl. The molecule has 1 aromatic heterocycles. The van der Waals surface area contributed by atoms with Crippen LogP contribution < -0.4 is 10.6 Å². The molecule has 2 heterocycles. The van der Waals surface area contributed by atoms with Gasteiger partial charge in [-0.25, -0.2) is 0 Å². The van der Waals surface area contributed by atoms with Gasteiger partial charge in [-0.2, -0.15) is 0 Å². The van der Waals surface area contributed by atoms with Crippen molar-refractivity contribution in [2.45, 2.75) is 45.1 Å². The second kappa shape index (κ2) is 7.12. The van der Waals surface area contributed by atoms with Gasteiger partial charge in [-0.1, -0.05) is 18.9 Å². The van der Waals surface area contributed by atoms with E-state index >= 15 is 0 Å². The van der Waals surface area contributed by atoms with Crippen molar-refractivity contribution in [3.63, 3.8) is 0 Å². The van der Waals surface area contributed by atoms with Gasteiger partial charge in [0.15, 0.2) is 0 Å². The monoisotopic (exact) mass is 328 g/mol. The summed E-state index contributed by atoms with van der Waals surface area (Å²) in [5.41, 5.74) is -0.123. The Morgan fingerprint density at radius 1 is 1.57 bits per heavy atom. The maximum absolute atomic E-state index is 12.8. The van der Waals surface area contributed by atoms with Crippen molar-refractivity contribution in [3.05, 3.63) is 22.4 Å². The first-order chi connectivity index (χ1) is 9.71. The topological polar surface area (TPSA) is 41.1 Å². The van der Waals surface area contributed by atoms with Crippen molar-refractivity contribution in [2.24, 2.45) is 11.3 Å². The summed E-state index contributed by atoms with van der Waals surface area (Å²) in [4.78, 5) is 14.1. The molecule has 0 radical (unpaired) electrons. The Labute approximate surface area is 137 Å². The molecule has 1 saturated carbocycles. The van der Waals surface area contributed by atoms with Gasteiger partial charge in [0.1, 0.15) is 0 Å². The van der Waals surface area contributed by atoms with Crippen LogP contribution in [-0.4, -0.2) is 25.0 Å². The first-order valence-corrected chi connectivity index (χ1v) is 8.63. The summed E-state index contributed by atoms with van der Waals surface area (Å²) in [6, 6.07) is 4.44. The number of hydrogen-bond donors (Lipinski definition) is 2. The molecule has 21 heavy (non-hydrogen) atoms. The second-order valence-corrected chi connectivity index (χ2v) is 7.42. The third-order valence-corrected chi connectivity index (χ3v) is 5.85. The van der Waals surface area contributed by atoms with Gasteiger partial charge >= 0.3 is 0 Å². The number of nitrogens with one attached hydrogen (secondary N) is 2. The second-order valence-electron chi connectivity index (χ2n) is 6.39. The lowest BCUT2D eigenvalue weighted by Gasteiger charge is -2.37. The minimum Gasteiger partial charge on any atom is -0.353 e. The number of carbonyl (C=O) groups is 1. The maximum Gasteiger partial charge on any atom is 0.228 e. The Hall–Kier alpha value is -0.580. The molecule has 1 aliphatic carbocycles. The highest BCUT2D eigenvalue weighted by Crippen LogP contribution is 2.43. The molecule has 0 bridgehead atoms. The van der Waals surface area contributed by atoms with E-state index in [0.29, 0.717) is 5.92 Å². The summed E-state index contributed by atoms with van der Waals surface area (Å²) >= 11 is 1.77. The van der Waals surface area contributed by atoms with Crippen LogP contribution in [0.2, 0.25) is 0 Å². The van der Waals surface area contributed by atoms with Crippen LogP contribution in [0.1, 0.15) is 37.5 Å². The zero-order valence-electron chi connectivity index (χ0n) is 12.6. The molecule has 1 aromatic rings. The van der Waals surface area contributed by atoms with E-state index in [2.05, 4.69) is 35.1 Å². The third kappa shape index (κ3) is 3.43. The van der Waals surface area contributed by atoms with Crippen LogP contribution in [0.5, 0.6) is 0 Å². The molecule has 2 aliphatic rings. The fourth-order valence-electron chi connectivity index (χ4n) is 3.84. The van der Waals surface area contributed by atoms with Gasteiger partial charge in [0.05, 0.1) is 5.41 Å². The van der Waals surface area contributed by atoms with Crippen LogP contribution in [0, 0.1) is 11.3 Å². The zero-order valence-corrected chi connectivity index (χ0v) is 14.2. The van der Waals surface area contributed by atoms with Crippen LogP contribution in [0.3, 0.4) is 0 Å². The predicted octanol–water partition coefficient (Wildman–Crippen LogP) is 3.00. The molecule has 118 valence electrons. The Morgan fingerprint density at radius 3 is 3.19 bits per heavy atom. The normalized spacial score (nSPS) is 29.3. The Kier molecular flexibility index (Phi) is 5.69. The molecule has 3 nitrogen and oxygen atoms in total. The van der Waals surface area contributed by atoms with E-state index in [4.69, 9.17) is 0 Å². The summed E-state index contributed by atoms with van der Waals surface area (Å²) in [7, 11) is 0. The van der Waals surface area contributed by atoms with Gasteiger partial charge in [0.2, 0.25) is 5.91 Å². The highest BCUT2D eigenvalue weighted by atomic mass is 35.5. The van der Waals surface area contributed by atoms with Crippen molar-refractivity contribution in [3.8, 4) is 0 Å². The molecule has 2 fully saturated rings. The lowest BCUT2D eigenvalue weighted by molar-refractivity contribution is -0.134. The van der Waals surface area contributed by atoms with Crippen molar-refractivity contribution >= 4 is 29.7 Å². The van der Waals surface area contributed by atoms with E-state index in [1.54, 1.807) is 11.3 Å². The minimum atomic E-state index is -0.123. The third-order valence-electron chi connectivity index (χ3n) is 4.96. The number of amides is 1. The van der Waals surface area contributed by atoms with Crippen LogP contribution in [0.4, 0.5) is 0 Å². The predicted molar refractivity (Wildman–Crippen MR) is 90.1 cm³/mol. The van der Waals surface area contributed by atoms with Crippen molar-refractivity contribution in [1.29, 1.82) is 0 Å². The summed E-state index contributed by atoms with van der Waals surface area (Å²) < 4.78 is 0. The maximum atomic E-state index is 12.8. The van der Waals surface area contributed by atoms with Crippen molar-refractivity contribution in [2.75, 3.05) is 13.1 Å². The van der Waals surface area contributed by atoms with E-state index in [1.807, 2.05) is 0 Å². The van der Waals surface area contributed by atoms with E-state index < -0.39 is 0 Å². The molecule has 5 heteroatoms. The van der Waals surface area contributed by atoms with Crippen molar-refractivity contribution < 1.29 is 4.79 Å². The molecule has 1 aliphatic heterocycles. The number of fused-ring (bicyclic) bond motifs is 1. The minimum absolute atomic E-state index is 0. The van der Waals surface area contributed by atoms with Gasteiger partial charge in [0.25, 0.3) is 0 Å². The molecule has 0 spiro atoms. The fourth-order valence-corrected chi connectivity index (χ4v) is 4.67. The van der Waals surface area contributed by atoms with Crippen LogP contribution in [0.25, 0.3) is 0 Å². The van der Waals surface area contributed by atoms with Crippen LogP contribution in [-0.2, 0) is 11.2 Å². The number of rotatable bonds is 4. The molecule has 2 N–H and O–H groups in total. The van der Waals surface area contributed by atoms with Gasteiger partial charge in [0, 0.05) is 23.9 Å². The lowest BCUT2D eigenvalue weighted by Crippen LogP contribution is -2.50. The molecule has 1 amide bonds. The average Bonchev–Trinajstić information content (AvgIpc) is 3.07. The zero-order chi connectivity index (χ0) is 14.0. The highest BCUT2D eigenvalue weighted by molar-refractivity contribution is 7.09. The van der Waals surface area contributed by atoms with Gasteiger partial charge < -0.3 is 10.6 Å². The highest BCUT2D eigenvalue weighted by Gasteiger charge is 2.49. The van der Waals surface area contributed by atoms with Crippen LogP contribution in [0.15, 0.2) is 17.5 Å². The van der Waals surface area contributed by atoms with E-state index in [9.17, 15) is 4.79 Å². The summed E-state index contributed by atoms with van der Waals surface area (Å²) in [6.45, 7) is 4.01. The van der Waals surface area contributed by atoms with Gasteiger partial charge in [-0.05, 0) is 43.7 Å². The molecule has 0 aromatic carbocycles. The average molecular weight is 329 g/mol. The summed E-state index contributed by atoms with van der Waals surface area (Å²) in [5, 5.41) is 8.82. The molecule has 3 rings (SSSR count). The first-order valence-electron chi connectivity index (χ1n) is 7.75. The van der Waals surface area contributed by atoms with E-state index in [0.717, 1.165) is 25.9 Å². The van der Waals surface area contributed by atoms with Crippen molar-refractivity contribution in [1.82, 2.24) is 10.6 Å². The number of halogens is 1. The van der Waals surface area contributed by atoms with E-state index in [-0.39, 0.29) is 29.8 Å². The molecule has 1 unspecified atom stereocenters. The Balaban J connectivity index is 0.00000161. The summed E-state index contributed by atoms with van der Waals surface area (Å²) in [5.74, 6) is 0.835.